The van der Waals surface area contributed by atoms with E-state index in [1.807, 2.05) is 0 Å². The van der Waals surface area contributed by atoms with Crippen LogP contribution in [0.15, 0.2) is 6.33 Å². The zero-order chi connectivity index (χ0) is 11.5. The Labute approximate surface area is 96.5 Å². The molecule has 2 aromatic heterocycles. The van der Waals surface area contributed by atoms with Gasteiger partial charge in [-0.05, 0) is 18.5 Å². The van der Waals surface area contributed by atoms with Crippen molar-refractivity contribution in [3.8, 4) is 0 Å². The van der Waals surface area contributed by atoms with Crippen LogP contribution in [0, 0.1) is 6.92 Å². The van der Waals surface area contributed by atoms with Crippen molar-refractivity contribution in [3.63, 3.8) is 0 Å². The molecule has 0 atom stereocenters. The van der Waals surface area contributed by atoms with E-state index >= 15 is 0 Å². The number of hydrogen-bond acceptors (Lipinski definition) is 6. The molecule has 0 saturated heterocycles. The maximum atomic E-state index is 5.80. The van der Waals surface area contributed by atoms with Gasteiger partial charge in [0.2, 0.25) is 5.28 Å². The summed E-state index contributed by atoms with van der Waals surface area (Å²) in [4.78, 5) is 11.9. The van der Waals surface area contributed by atoms with Crippen molar-refractivity contribution < 1.29 is 0 Å². The van der Waals surface area contributed by atoms with Crippen LogP contribution in [-0.2, 0) is 6.54 Å². The first-order valence-corrected chi connectivity index (χ1v) is 4.92. The van der Waals surface area contributed by atoms with Gasteiger partial charge in [0.15, 0.2) is 5.82 Å². The molecule has 2 rings (SSSR count). The smallest absolute Gasteiger partial charge is 0.224 e. The molecule has 2 heterocycles. The fourth-order valence-corrected chi connectivity index (χ4v) is 1.38. The van der Waals surface area contributed by atoms with Crippen molar-refractivity contribution in [2.45, 2.75) is 13.5 Å². The number of hydrogen-bond donors (Lipinski definition) is 3. The van der Waals surface area contributed by atoms with Crippen LogP contribution in [0.1, 0.15) is 11.5 Å². The van der Waals surface area contributed by atoms with E-state index in [0.29, 0.717) is 29.6 Å². The van der Waals surface area contributed by atoms with Gasteiger partial charge in [-0.1, -0.05) is 0 Å². The minimum atomic E-state index is 0.159. The second kappa shape index (κ2) is 4.31. The summed E-state index contributed by atoms with van der Waals surface area (Å²) < 4.78 is 0. The molecule has 0 amide bonds. The lowest BCUT2D eigenvalue weighted by Gasteiger charge is -2.08. The summed E-state index contributed by atoms with van der Waals surface area (Å²) in [6.45, 7) is 2.21. The Morgan fingerprint density at radius 3 is 3.00 bits per heavy atom. The van der Waals surface area contributed by atoms with Gasteiger partial charge in [0.25, 0.3) is 0 Å². The molecule has 0 aliphatic carbocycles. The fraction of sp³-hybridized carbons (Fsp3) is 0.250. The summed E-state index contributed by atoms with van der Waals surface area (Å²) in [5.41, 5.74) is 6.91. The van der Waals surface area contributed by atoms with Crippen LogP contribution in [0.3, 0.4) is 0 Å². The van der Waals surface area contributed by atoms with Gasteiger partial charge in [-0.3, -0.25) is 5.10 Å². The molecule has 0 aromatic carbocycles. The van der Waals surface area contributed by atoms with Crippen molar-refractivity contribution in [1.29, 1.82) is 0 Å². The number of H-pyrrole nitrogens is 1. The number of nitrogens with two attached hydrogens (primary N) is 1. The van der Waals surface area contributed by atoms with Crippen molar-refractivity contribution in [2.24, 2.45) is 0 Å². The Kier molecular flexibility index (Phi) is 2.86. The van der Waals surface area contributed by atoms with Gasteiger partial charge in [-0.15, -0.1) is 0 Å². The number of halogens is 1. The van der Waals surface area contributed by atoms with E-state index in [0.717, 1.165) is 0 Å². The average Bonchev–Trinajstić information content (AvgIpc) is 2.74. The van der Waals surface area contributed by atoms with Gasteiger partial charge in [-0.25, -0.2) is 9.97 Å². The fourth-order valence-electron chi connectivity index (χ4n) is 1.17. The van der Waals surface area contributed by atoms with Gasteiger partial charge in [0, 0.05) is 0 Å². The molecule has 0 saturated carbocycles. The molecule has 4 N–H and O–H groups in total. The Bertz CT molecular complexity index is 481. The van der Waals surface area contributed by atoms with Crippen LogP contribution in [0.2, 0.25) is 5.28 Å². The molecular formula is C8H10ClN7. The maximum Gasteiger partial charge on any atom is 0.224 e. The number of rotatable bonds is 3. The zero-order valence-electron chi connectivity index (χ0n) is 8.53. The Morgan fingerprint density at radius 1 is 1.50 bits per heavy atom. The summed E-state index contributed by atoms with van der Waals surface area (Å²) in [5.74, 6) is 1.18. The summed E-state index contributed by atoms with van der Waals surface area (Å²) in [5, 5.41) is 9.60. The first kappa shape index (κ1) is 10.6. The van der Waals surface area contributed by atoms with E-state index in [1.54, 1.807) is 6.92 Å². The van der Waals surface area contributed by atoms with Gasteiger partial charge in [-0.2, -0.15) is 10.1 Å². The maximum absolute atomic E-state index is 5.80. The minimum absolute atomic E-state index is 0.159. The number of aryl methyl sites for hydroxylation is 1. The third-order valence-electron chi connectivity index (χ3n) is 2.00. The highest BCUT2D eigenvalue weighted by Gasteiger charge is 2.07. The molecule has 0 spiro atoms. The topological polar surface area (TPSA) is 105 Å². The highest BCUT2D eigenvalue weighted by molar-refractivity contribution is 6.28. The number of nitrogens with one attached hydrogen (secondary N) is 2. The lowest BCUT2D eigenvalue weighted by molar-refractivity contribution is 0.943. The van der Waals surface area contributed by atoms with Crippen molar-refractivity contribution >= 4 is 23.1 Å². The highest BCUT2D eigenvalue weighted by Crippen LogP contribution is 2.20. The molecule has 8 heteroatoms. The number of anilines is 2. The quantitative estimate of drug-likeness (QED) is 0.683. The molecule has 84 valence electrons. The minimum Gasteiger partial charge on any atom is -0.394 e. The Morgan fingerprint density at radius 2 is 2.31 bits per heavy atom. The number of nitrogen functional groups attached to an aromatic ring is 1. The van der Waals surface area contributed by atoms with Crippen LogP contribution in [-0.4, -0.2) is 25.1 Å². The average molecular weight is 240 g/mol. The third-order valence-corrected chi connectivity index (χ3v) is 2.17. The van der Waals surface area contributed by atoms with E-state index < -0.39 is 0 Å². The first-order valence-electron chi connectivity index (χ1n) is 4.54. The number of aromatic amines is 1. The lowest BCUT2D eigenvalue weighted by Crippen LogP contribution is -2.08. The second-order valence-corrected chi connectivity index (χ2v) is 3.46. The zero-order valence-corrected chi connectivity index (χ0v) is 9.28. The van der Waals surface area contributed by atoms with E-state index in [2.05, 4.69) is 30.5 Å². The molecule has 2 aromatic rings. The van der Waals surface area contributed by atoms with Crippen LogP contribution in [0.4, 0.5) is 11.5 Å². The van der Waals surface area contributed by atoms with E-state index in [9.17, 15) is 0 Å². The first-order chi connectivity index (χ1) is 7.66. The van der Waals surface area contributed by atoms with Crippen molar-refractivity contribution in [1.82, 2.24) is 25.1 Å². The summed E-state index contributed by atoms with van der Waals surface area (Å²) in [7, 11) is 0. The summed E-state index contributed by atoms with van der Waals surface area (Å²) in [6.07, 6.45) is 1.43. The summed E-state index contributed by atoms with van der Waals surface area (Å²) in [6, 6.07) is 0. The van der Waals surface area contributed by atoms with E-state index in [4.69, 9.17) is 17.3 Å². The third kappa shape index (κ3) is 2.19. The van der Waals surface area contributed by atoms with Gasteiger partial charge in [0.05, 0.1) is 17.9 Å². The van der Waals surface area contributed by atoms with Crippen LogP contribution >= 0.6 is 11.6 Å². The largest absolute Gasteiger partial charge is 0.394 e. The molecule has 7 nitrogen and oxygen atoms in total. The molecule has 0 bridgehead atoms. The van der Waals surface area contributed by atoms with Crippen LogP contribution in [0.25, 0.3) is 0 Å². The SMILES string of the molecule is Cc1nc(Cl)nc(NCc2ncn[nH]2)c1N. The van der Waals surface area contributed by atoms with Crippen molar-refractivity contribution in [3.05, 3.63) is 23.1 Å². The van der Waals surface area contributed by atoms with Crippen LogP contribution < -0.4 is 11.1 Å². The standard InChI is InChI=1S/C8H10ClN7/c1-4-6(10)7(15-8(9)14-4)11-2-5-12-3-13-16-5/h3H,2,10H2,1H3,(H,11,14,15)(H,12,13,16). The molecule has 0 radical (unpaired) electrons. The van der Waals surface area contributed by atoms with Crippen LogP contribution in [0.5, 0.6) is 0 Å². The highest BCUT2D eigenvalue weighted by atomic mass is 35.5. The predicted octanol–water partition coefficient (Wildman–Crippen LogP) is 0.751. The molecule has 0 unspecified atom stereocenters. The van der Waals surface area contributed by atoms with E-state index in [-0.39, 0.29) is 5.28 Å². The molecule has 0 fully saturated rings. The monoisotopic (exact) mass is 239 g/mol. The second-order valence-electron chi connectivity index (χ2n) is 3.13. The van der Waals surface area contributed by atoms with Gasteiger partial charge >= 0.3 is 0 Å². The Balaban J connectivity index is 2.15. The van der Waals surface area contributed by atoms with E-state index in [1.165, 1.54) is 6.33 Å². The van der Waals surface area contributed by atoms with Gasteiger partial charge in [0.1, 0.15) is 12.2 Å². The lowest BCUT2D eigenvalue weighted by atomic mass is 10.3. The van der Waals surface area contributed by atoms with Gasteiger partial charge < -0.3 is 11.1 Å². The number of nitrogens with zero attached hydrogens (tertiary/aromatic N) is 4. The summed E-state index contributed by atoms with van der Waals surface area (Å²) >= 11 is 5.73. The predicted molar refractivity (Wildman–Crippen MR) is 59.9 cm³/mol. The normalized spacial score (nSPS) is 10.4. The molecule has 16 heavy (non-hydrogen) atoms. The van der Waals surface area contributed by atoms with Crippen molar-refractivity contribution in [2.75, 3.05) is 11.1 Å². The molecule has 0 aliphatic heterocycles. The molecule has 0 aliphatic rings. The molecular weight excluding hydrogens is 230 g/mol. The number of aromatic nitrogens is 5. The Hall–Kier alpha value is -1.89.